The van der Waals surface area contributed by atoms with Gasteiger partial charge in [-0.25, -0.2) is 8.42 Å². The van der Waals surface area contributed by atoms with Crippen LogP contribution in [0.4, 0.5) is 11.4 Å². The zero-order valence-electron chi connectivity index (χ0n) is 16.2. The van der Waals surface area contributed by atoms with Crippen LogP contribution in [0.25, 0.3) is 0 Å². The highest BCUT2D eigenvalue weighted by atomic mass is 32.2. The molecule has 3 rings (SSSR count). The zero-order valence-corrected chi connectivity index (χ0v) is 17.9. The molecule has 8 nitrogen and oxygen atoms in total. The zero-order chi connectivity index (χ0) is 21.0. The fourth-order valence-electron chi connectivity index (χ4n) is 3.13. The van der Waals surface area contributed by atoms with Gasteiger partial charge in [0.2, 0.25) is 21.8 Å². The Morgan fingerprint density at radius 3 is 2.76 bits per heavy atom. The van der Waals surface area contributed by atoms with E-state index in [1.165, 1.54) is 23.6 Å². The normalized spacial score (nSPS) is 13.5. The number of methoxy groups -OCH3 is 1. The molecular weight excluding hydrogens is 414 g/mol. The maximum atomic E-state index is 12.4. The van der Waals surface area contributed by atoms with Crippen molar-refractivity contribution in [3.05, 3.63) is 40.1 Å². The van der Waals surface area contributed by atoms with Gasteiger partial charge in [-0.15, -0.1) is 11.3 Å². The number of anilines is 2. The number of benzene rings is 1. The van der Waals surface area contributed by atoms with Crippen molar-refractivity contribution in [1.82, 2.24) is 4.90 Å². The van der Waals surface area contributed by atoms with E-state index in [4.69, 9.17) is 4.74 Å². The summed E-state index contributed by atoms with van der Waals surface area (Å²) in [6, 6.07) is 6.68. The van der Waals surface area contributed by atoms with E-state index in [1.807, 2.05) is 11.4 Å². The molecule has 0 saturated carbocycles. The third-order valence-corrected chi connectivity index (χ3v) is 6.12. The van der Waals surface area contributed by atoms with Gasteiger partial charge in [-0.05, 0) is 41.6 Å². The highest BCUT2D eigenvalue weighted by Crippen LogP contribution is 2.29. The third-order valence-electron chi connectivity index (χ3n) is 4.50. The van der Waals surface area contributed by atoms with E-state index in [0.717, 1.165) is 12.7 Å². The molecule has 1 aliphatic rings. The van der Waals surface area contributed by atoms with E-state index in [9.17, 15) is 18.0 Å². The summed E-state index contributed by atoms with van der Waals surface area (Å²) in [5.74, 6) is -0.0327. The van der Waals surface area contributed by atoms with Gasteiger partial charge in [-0.2, -0.15) is 0 Å². The van der Waals surface area contributed by atoms with E-state index in [-0.39, 0.29) is 30.3 Å². The van der Waals surface area contributed by atoms with Crippen molar-refractivity contribution in [2.45, 2.75) is 25.8 Å². The quantitative estimate of drug-likeness (QED) is 0.692. The van der Waals surface area contributed by atoms with Crippen molar-refractivity contribution in [2.24, 2.45) is 0 Å². The number of hydrogen-bond donors (Lipinski definition) is 2. The van der Waals surface area contributed by atoms with Gasteiger partial charge in [0.25, 0.3) is 0 Å². The molecule has 1 aliphatic heterocycles. The molecule has 0 spiro atoms. The monoisotopic (exact) mass is 437 g/mol. The molecular formula is C19H23N3O5S2. The predicted octanol–water partition coefficient (Wildman–Crippen LogP) is 2.43. The van der Waals surface area contributed by atoms with Gasteiger partial charge in [-0.1, -0.05) is 0 Å². The number of carbonyl (C=O) groups is 2. The lowest BCUT2D eigenvalue weighted by molar-refractivity contribution is -0.133. The molecule has 1 aromatic carbocycles. The average Bonchev–Trinajstić information content (AvgIpc) is 3.13. The second-order valence-electron chi connectivity index (χ2n) is 6.77. The summed E-state index contributed by atoms with van der Waals surface area (Å²) in [5, 5.41) is 4.73. The summed E-state index contributed by atoms with van der Waals surface area (Å²) in [7, 11) is -2.08. The number of sulfonamides is 1. The number of nitrogens with one attached hydrogen (secondary N) is 2. The average molecular weight is 438 g/mol. The fourth-order valence-corrected chi connectivity index (χ4v) is 4.58. The van der Waals surface area contributed by atoms with E-state index >= 15 is 0 Å². The van der Waals surface area contributed by atoms with Crippen molar-refractivity contribution >= 4 is 44.5 Å². The fraction of sp³-hybridized carbons (Fsp3) is 0.368. The Balaban J connectivity index is 1.55. The lowest BCUT2D eigenvalue weighted by atomic mass is 10.1. The van der Waals surface area contributed by atoms with Crippen molar-refractivity contribution < 1.29 is 22.7 Å². The van der Waals surface area contributed by atoms with E-state index in [2.05, 4.69) is 10.0 Å². The minimum Gasteiger partial charge on any atom is -0.495 e. The maximum absolute atomic E-state index is 12.4. The van der Waals surface area contributed by atoms with Crippen LogP contribution in [-0.2, 0) is 32.6 Å². The summed E-state index contributed by atoms with van der Waals surface area (Å²) in [4.78, 5) is 27.8. The molecule has 0 atom stereocenters. The number of carbonyl (C=O) groups excluding carboxylic acids is 2. The Labute approximate surface area is 173 Å². The molecule has 29 heavy (non-hydrogen) atoms. The van der Waals surface area contributed by atoms with Gasteiger partial charge in [0.1, 0.15) is 5.75 Å². The predicted molar refractivity (Wildman–Crippen MR) is 113 cm³/mol. The molecule has 2 aromatic rings. The summed E-state index contributed by atoms with van der Waals surface area (Å²) in [5.41, 5.74) is 1.82. The van der Waals surface area contributed by atoms with E-state index in [0.29, 0.717) is 24.5 Å². The largest absolute Gasteiger partial charge is 0.495 e. The van der Waals surface area contributed by atoms with Crippen LogP contribution < -0.4 is 14.8 Å². The Bertz CT molecular complexity index is 1020. The van der Waals surface area contributed by atoms with Crippen molar-refractivity contribution in [2.75, 3.05) is 29.9 Å². The van der Waals surface area contributed by atoms with Gasteiger partial charge < -0.3 is 15.0 Å². The van der Waals surface area contributed by atoms with Crippen molar-refractivity contribution in [3.63, 3.8) is 0 Å². The van der Waals surface area contributed by atoms with Gasteiger partial charge in [0, 0.05) is 36.5 Å². The molecule has 2 heterocycles. The minimum atomic E-state index is -3.50. The van der Waals surface area contributed by atoms with Crippen LogP contribution in [0.3, 0.4) is 0 Å². The van der Waals surface area contributed by atoms with Crippen LogP contribution in [0, 0.1) is 0 Å². The summed E-state index contributed by atoms with van der Waals surface area (Å²) in [6.07, 6.45) is 2.05. The molecule has 0 aliphatic carbocycles. The highest BCUT2D eigenvalue weighted by molar-refractivity contribution is 7.92. The molecule has 2 N–H and O–H groups in total. The Hall–Kier alpha value is -2.59. The Morgan fingerprint density at radius 1 is 1.24 bits per heavy atom. The molecule has 0 fully saturated rings. The van der Waals surface area contributed by atoms with Crippen molar-refractivity contribution in [3.8, 4) is 5.75 Å². The smallest absolute Gasteiger partial charge is 0.229 e. The van der Waals surface area contributed by atoms with Crippen LogP contribution in [0.2, 0.25) is 0 Å². The molecule has 0 radical (unpaired) electrons. The number of ether oxygens (including phenoxy) is 1. The van der Waals surface area contributed by atoms with E-state index < -0.39 is 10.0 Å². The van der Waals surface area contributed by atoms with Crippen LogP contribution in [-0.4, -0.2) is 45.0 Å². The first-order valence-corrected chi connectivity index (χ1v) is 11.8. The Morgan fingerprint density at radius 2 is 2.03 bits per heavy atom. The number of hydrogen-bond acceptors (Lipinski definition) is 6. The molecule has 0 unspecified atom stereocenters. The first-order chi connectivity index (χ1) is 13.7. The second kappa shape index (κ2) is 8.83. The number of rotatable bonds is 7. The van der Waals surface area contributed by atoms with Gasteiger partial charge in [-0.3, -0.25) is 14.3 Å². The highest BCUT2D eigenvalue weighted by Gasteiger charge is 2.22. The number of thiophene rings is 1. The van der Waals surface area contributed by atoms with Gasteiger partial charge >= 0.3 is 0 Å². The van der Waals surface area contributed by atoms with Crippen LogP contribution in [0.15, 0.2) is 29.6 Å². The lowest BCUT2D eigenvalue weighted by Crippen LogP contribution is -2.35. The molecule has 156 valence electrons. The Kier molecular flexibility index (Phi) is 6.43. The molecule has 10 heteroatoms. The third kappa shape index (κ3) is 5.70. The summed E-state index contributed by atoms with van der Waals surface area (Å²) < 4.78 is 30.5. The standard InChI is InChI=1S/C19H23N3O5S2/c1-27-16-4-3-14(11-15(16)21-29(2,25)26)20-18(23)5-6-19(24)22-9-7-17-13(12-22)8-10-28-17/h3-4,8,10-11,21H,5-7,9,12H2,1-2H3,(H,20,23). The van der Waals surface area contributed by atoms with Gasteiger partial charge in [0.15, 0.2) is 0 Å². The topological polar surface area (TPSA) is 105 Å². The first kappa shape index (κ1) is 21.1. The minimum absolute atomic E-state index is 0.0483. The molecule has 0 bridgehead atoms. The molecule has 0 saturated heterocycles. The van der Waals surface area contributed by atoms with Crippen molar-refractivity contribution in [1.29, 1.82) is 0 Å². The maximum Gasteiger partial charge on any atom is 0.229 e. The summed E-state index contributed by atoms with van der Waals surface area (Å²) >= 11 is 1.71. The van der Waals surface area contributed by atoms with Crippen LogP contribution in [0.5, 0.6) is 5.75 Å². The lowest BCUT2D eigenvalue weighted by Gasteiger charge is -2.27. The number of nitrogens with zero attached hydrogens (tertiary/aromatic N) is 1. The molecule has 2 amide bonds. The van der Waals surface area contributed by atoms with Crippen LogP contribution in [0.1, 0.15) is 23.3 Å². The van der Waals surface area contributed by atoms with Crippen LogP contribution >= 0.6 is 11.3 Å². The number of fused-ring (bicyclic) bond motifs is 1. The van der Waals surface area contributed by atoms with Gasteiger partial charge in [0.05, 0.1) is 19.1 Å². The number of amides is 2. The second-order valence-corrected chi connectivity index (χ2v) is 9.52. The summed E-state index contributed by atoms with van der Waals surface area (Å²) in [6.45, 7) is 1.27. The first-order valence-electron chi connectivity index (χ1n) is 9.04. The molecule has 1 aromatic heterocycles. The van der Waals surface area contributed by atoms with E-state index in [1.54, 1.807) is 28.4 Å². The SMILES string of the molecule is COc1ccc(NC(=O)CCC(=O)N2CCc3sccc3C2)cc1NS(C)(=O)=O.